The Bertz CT molecular complexity index is 1830. The van der Waals surface area contributed by atoms with Crippen molar-refractivity contribution in [3.63, 3.8) is 0 Å². The molecule has 0 unspecified atom stereocenters. The topological polar surface area (TPSA) is 88.1 Å². The first-order valence-corrected chi connectivity index (χ1v) is 18.2. The molecule has 1 fully saturated rings. The number of benzene rings is 4. The SMILES string of the molecule is CC(C)(C)c1ccc(Oc2ccc3c(c2)C[C@@H](C(=O)N[C@@H](Cc2ccc(Oc4ccc(F)c(Cl)c4)cc2)C(=O)O)N(CCC2CCCC2)C3)cc1. The normalized spacial score (nSPS) is 17.1. The summed E-state index contributed by atoms with van der Waals surface area (Å²) in [6, 6.07) is 23.6. The van der Waals surface area contributed by atoms with Gasteiger partial charge in [-0.25, -0.2) is 9.18 Å². The summed E-state index contributed by atoms with van der Waals surface area (Å²) in [7, 11) is 0. The summed E-state index contributed by atoms with van der Waals surface area (Å²) < 4.78 is 25.5. The first-order valence-electron chi connectivity index (χ1n) is 17.8. The molecule has 1 amide bonds. The van der Waals surface area contributed by atoms with Gasteiger partial charge in [0.05, 0.1) is 11.1 Å². The maximum Gasteiger partial charge on any atom is 0.326 e. The van der Waals surface area contributed by atoms with Crippen LogP contribution in [-0.4, -0.2) is 40.5 Å². The van der Waals surface area contributed by atoms with Gasteiger partial charge in [-0.15, -0.1) is 0 Å². The van der Waals surface area contributed by atoms with E-state index in [1.165, 1.54) is 49.4 Å². The average Bonchev–Trinajstić information content (AvgIpc) is 3.63. The molecule has 268 valence electrons. The van der Waals surface area contributed by atoms with Crippen molar-refractivity contribution in [1.29, 1.82) is 0 Å². The smallest absolute Gasteiger partial charge is 0.326 e. The van der Waals surface area contributed by atoms with Crippen molar-refractivity contribution < 1.29 is 28.6 Å². The second kappa shape index (κ2) is 15.9. The van der Waals surface area contributed by atoms with E-state index in [0.717, 1.165) is 35.4 Å². The Morgan fingerprint density at radius 2 is 1.49 bits per heavy atom. The summed E-state index contributed by atoms with van der Waals surface area (Å²) in [6.45, 7) is 7.92. The Morgan fingerprint density at radius 3 is 2.12 bits per heavy atom. The number of carbonyl (C=O) groups excluding carboxylic acids is 1. The first-order chi connectivity index (χ1) is 24.4. The van der Waals surface area contributed by atoms with Crippen LogP contribution in [0.4, 0.5) is 4.39 Å². The van der Waals surface area contributed by atoms with Crippen LogP contribution in [0.5, 0.6) is 23.0 Å². The molecular formula is C42H46ClFN2O5. The number of carboxylic acids is 1. The number of hydrogen-bond acceptors (Lipinski definition) is 5. The van der Waals surface area contributed by atoms with Gasteiger partial charge in [0.1, 0.15) is 34.9 Å². The molecule has 51 heavy (non-hydrogen) atoms. The molecule has 7 nitrogen and oxygen atoms in total. The van der Waals surface area contributed by atoms with Crippen molar-refractivity contribution in [2.24, 2.45) is 5.92 Å². The molecule has 6 rings (SSSR count). The molecule has 4 aromatic carbocycles. The monoisotopic (exact) mass is 712 g/mol. The molecular weight excluding hydrogens is 667 g/mol. The van der Waals surface area contributed by atoms with E-state index < -0.39 is 23.9 Å². The van der Waals surface area contributed by atoms with Crippen molar-refractivity contribution in [1.82, 2.24) is 10.2 Å². The molecule has 0 bridgehead atoms. The number of fused-ring (bicyclic) bond motifs is 1. The van der Waals surface area contributed by atoms with Crippen molar-refractivity contribution in [3.8, 4) is 23.0 Å². The number of carboxylic acid groups (broad SMARTS) is 1. The van der Waals surface area contributed by atoms with Gasteiger partial charge in [-0.2, -0.15) is 0 Å². The second-order valence-corrected chi connectivity index (χ2v) is 15.3. The number of nitrogens with zero attached hydrogens (tertiary/aromatic N) is 1. The molecule has 0 spiro atoms. The molecule has 1 saturated carbocycles. The molecule has 2 N–H and O–H groups in total. The lowest BCUT2D eigenvalue weighted by Crippen LogP contribution is -2.54. The fraction of sp³-hybridized carbons (Fsp3) is 0.381. The predicted octanol–water partition coefficient (Wildman–Crippen LogP) is 9.48. The number of hydrogen-bond donors (Lipinski definition) is 2. The van der Waals surface area contributed by atoms with Gasteiger partial charge in [-0.3, -0.25) is 9.69 Å². The Hall–Kier alpha value is -4.40. The van der Waals surface area contributed by atoms with E-state index in [0.29, 0.717) is 36.1 Å². The third-order valence-corrected chi connectivity index (χ3v) is 10.4. The van der Waals surface area contributed by atoms with Crippen LogP contribution in [0, 0.1) is 11.7 Å². The zero-order valence-electron chi connectivity index (χ0n) is 29.5. The quantitative estimate of drug-likeness (QED) is 0.152. The second-order valence-electron chi connectivity index (χ2n) is 14.9. The third-order valence-electron chi connectivity index (χ3n) is 10.1. The third kappa shape index (κ3) is 9.48. The molecule has 1 aliphatic heterocycles. The van der Waals surface area contributed by atoms with Crippen LogP contribution in [0.3, 0.4) is 0 Å². The number of halogens is 2. The summed E-state index contributed by atoms with van der Waals surface area (Å²) in [5.41, 5.74) is 4.17. The Morgan fingerprint density at radius 1 is 0.882 bits per heavy atom. The highest BCUT2D eigenvalue weighted by atomic mass is 35.5. The number of ether oxygens (including phenoxy) is 2. The summed E-state index contributed by atoms with van der Waals surface area (Å²) in [5, 5.41) is 13.0. The van der Waals surface area contributed by atoms with E-state index in [1.54, 1.807) is 24.3 Å². The molecule has 4 aromatic rings. The lowest BCUT2D eigenvalue weighted by atomic mass is 9.87. The van der Waals surface area contributed by atoms with E-state index in [1.807, 2.05) is 24.3 Å². The first kappa shape index (κ1) is 36.4. The number of amides is 1. The lowest BCUT2D eigenvalue weighted by Gasteiger charge is -2.37. The number of carbonyl (C=O) groups is 2. The number of nitrogens with one attached hydrogen (secondary N) is 1. The van der Waals surface area contributed by atoms with Gasteiger partial charge in [0, 0.05) is 19.0 Å². The maximum atomic E-state index is 14.0. The summed E-state index contributed by atoms with van der Waals surface area (Å²) in [6.07, 6.45) is 6.54. The maximum absolute atomic E-state index is 14.0. The number of aliphatic carboxylic acids is 1. The van der Waals surface area contributed by atoms with Crippen LogP contribution in [0.2, 0.25) is 5.02 Å². The van der Waals surface area contributed by atoms with Gasteiger partial charge in [-0.05, 0) is 102 Å². The Labute approximate surface area is 304 Å². The molecule has 2 aliphatic rings. The minimum Gasteiger partial charge on any atom is -0.480 e. The minimum absolute atomic E-state index is 0.0432. The average molecular weight is 713 g/mol. The summed E-state index contributed by atoms with van der Waals surface area (Å²) >= 11 is 5.87. The van der Waals surface area contributed by atoms with E-state index in [2.05, 4.69) is 49.2 Å². The number of rotatable bonds is 12. The molecule has 1 aliphatic carbocycles. The van der Waals surface area contributed by atoms with Gasteiger partial charge in [0.2, 0.25) is 5.91 Å². The van der Waals surface area contributed by atoms with E-state index >= 15 is 0 Å². The van der Waals surface area contributed by atoms with Crippen LogP contribution in [-0.2, 0) is 34.4 Å². The predicted molar refractivity (Wildman–Crippen MR) is 197 cm³/mol. The van der Waals surface area contributed by atoms with Gasteiger partial charge >= 0.3 is 5.97 Å². The molecule has 2 atom stereocenters. The molecule has 1 heterocycles. The van der Waals surface area contributed by atoms with Crippen molar-refractivity contribution in [2.75, 3.05) is 6.54 Å². The largest absolute Gasteiger partial charge is 0.480 e. The van der Waals surface area contributed by atoms with Crippen LogP contribution in [0.15, 0.2) is 84.9 Å². The fourth-order valence-corrected chi connectivity index (χ4v) is 7.22. The highest BCUT2D eigenvalue weighted by molar-refractivity contribution is 6.30. The van der Waals surface area contributed by atoms with Crippen LogP contribution in [0.1, 0.15) is 75.1 Å². The molecule has 0 aromatic heterocycles. The van der Waals surface area contributed by atoms with Gasteiger partial charge in [-0.1, -0.05) is 88.4 Å². The van der Waals surface area contributed by atoms with Crippen LogP contribution in [0.25, 0.3) is 0 Å². The zero-order chi connectivity index (χ0) is 36.1. The van der Waals surface area contributed by atoms with E-state index in [9.17, 15) is 19.1 Å². The van der Waals surface area contributed by atoms with Gasteiger partial charge in [0.15, 0.2) is 0 Å². The highest BCUT2D eigenvalue weighted by Crippen LogP contribution is 2.33. The Kier molecular flexibility index (Phi) is 11.3. The van der Waals surface area contributed by atoms with E-state index in [-0.39, 0.29) is 22.8 Å². The lowest BCUT2D eigenvalue weighted by molar-refractivity contribution is -0.142. The van der Waals surface area contributed by atoms with E-state index in [4.69, 9.17) is 21.1 Å². The molecule has 0 saturated heterocycles. The van der Waals surface area contributed by atoms with Gasteiger partial charge < -0.3 is 19.9 Å². The highest BCUT2D eigenvalue weighted by Gasteiger charge is 2.34. The molecule has 0 radical (unpaired) electrons. The standard InChI is InChI=1S/C42H46ClFN2O5/c1-42(2,3)31-11-16-33(17-12-31)50-34-15-10-29-26-46(21-20-27-6-4-5-7-27)39(24-30(29)23-34)40(47)45-38(41(48)49)22-28-8-13-32(14-9-28)51-35-18-19-37(44)36(43)25-35/h8-19,23,25,27,38-39H,4-7,20-22,24,26H2,1-3H3,(H,45,47)(H,48,49)/t38-,39-/m0/s1. The zero-order valence-corrected chi connectivity index (χ0v) is 30.2. The fourth-order valence-electron chi connectivity index (χ4n) is 7.05. The Balaban J connectivity index is 1.15. The summed E-state index contributed by atoms with van der Waals surface area (Å²) in [5.74, 6) is 1.04. The minimum atomic E-state index is -1.12. The van der Waals surface area contributed by atoms with Crippen molar-refractivity contribution >= 4 is 23.5 Å². The van der Waals surface area contributed by atoms with Crippen LogP contribution < -0.4 is 14.8 Å². The van der Waals surface area contributed by atoms with Crippen molar-refractivity contribution in [2.45, 2.75) is 89.8 Å². The van der Waals surface area contributed by atoms with Crippen molar-refractivity contribution in [3.05, 3.63) is 118 Å². The summed E-state index contributed by atoms with van der Waals surface area (Å²) in [4.78, 5) is 28.7. The van der Waals surface area contributed by atoms with Crippen LogP contribution >= 0.6 is 11.6 Å². The molecule has 9 heteroatoms. The van der Waals surface area contributed by atoms with Gasteiger partial charge in [0.25, 0.3) is 0 Å².